The largest absolute Gasteiger partial charge is 0.269 e. The van der Waals surface area contributed by atoms with Crippen LogP contribution in [-0.4, -0.2) is 13.3 Å². The van der Waals surface area contributed by atoms with Crippen molar-refractivity contribution in [3.05, 3.63) is 69.8 Å². The van der Waals surface area contributed by atoms with Crippen LogP contribution >= 0.6 is 0 Å². The minimum absolute atomic E-state index is 0.131. The summed E-state index contributed by atoms with van der Waals surface area (Å²) in [6, 6.07) is 6.65. The Kier molecular flexibility index (Phi) is 4.71. The molecule has 0 amide bonds. The van der Waals surface area contributed by atoms with Gasteiger partial charge in [0, 0.05) is 24.2 Å². The lowest BCUT2D eigenvalue weighted by atomic mass is 10.1. The van der Waals surface area contributed by atoms with Crippen LogP contribution in [0.2, 0.25) is 0 Å². The summed E-state index contributed by atoms with van der Waals surface area (Å²) >= 11 is 0. The SMILES string of the molecule is CC(NS(=O)(=O)c1ccc(F)cc1F)c1ccc([N+](=O)[O-])cc1. The smallest absolute Gasteiger partial charge is 0.258 e. The highest BCUT2D eigenvalue weighted by atomic mass is 32.2. The van der Waals surface area contributed by atoms with Crippen LogP contribution in [0.25, 0.3) is 0 Å². The highest BCUT2D eigenvalue weighted by Crippen LogP contribution is 2.21. The molecule has 0 aromatic heterocycles. The summed E-state index contributed by atoms with van der Waals surface area (Å²) < 4.78 is 53.0. The number of non-ortho nitro benzene ring substituents is 1. The third-order valence-electron chi connectivity index (χ3n) is 3.12. The lowest BCUT2D eigenvalue weighted by Gasteiger charge is -2.15. The molecule has 0 radical (unpaired) electrons. The monoisotopic (exact) mass is 342 g/mol. The van der Waals surface area contributed by atoms with Crippen molar-refractivity contribution in [2.24, 2.45) is 0 Å². The van der Waals surface area contributed by atoms with Crippen molar-refractivity contribution in [2.75, 3.05) is 0 Å². The number of sulfonamides is 1. The summed E-state index contributed by atoms with van der Waals surface area (Å²) in [6.45, 7) is 1.50. The van der Waals surface area contributed by atoms with E-state index in [0.29, 0.717) is 11.6 Å². The molecule has 23 heavy (non-hydrogen) atoms. The van der Waals surface area contributed by atoms with Crippen LogP contribution in [0.15, 0.2) is 47.4 Å². The number of hydrogen-bond acceptors (Lipinski definition) is 4. The molecule has 2 aromatic rings. The van der Waals surface area contributed by atoms with E-state index in [4.69, 9.17) is 0 Å². The summed E-state index contributed by atoms with van der Waals surface area (Å²) in [5.41, 5.74) is 0.329. The van der Waals surface area contributed by atoms with Crippen LogP contribution in [0.1, 0.15) is 18.5 Å². The molecule has 0 saturated carbocycles. The Balaban J connectivity index is 2.24. The maximum Gasteiger partial charge on any atom is 0.269 e. The lowest BCUT2D eigenvalue weighted by molar-refractivity contribution is -0.384. The van der Waals surface area contributed by atoms with Crippen LogP contribution in [0.3, 0.4) is 0 Å². The second kappa shape index (κ2) is 6.39. The average Bonchev–Trinajstić information content (AvgIpc) is 2.46. The summed E-state index contributed by atoms with van der Waals surface area (Å²) in [6.07, 6.45) is 0. The summed E-state index contributed by atoms with van der Waals surface area (Å²) in [5, 5.41) is 10.6. The second-order valence-corrected chi connectivity index (χ2v) is 6.45. The fourth-order valence-electron chi connectivity index (χ4n) is 1.94. The van der Waals surface area contributed by atoms with Gasteiger partial charge in [-0.3, -0.25) is 10.1 Å². The van der Waals surface area contributed by atoms with E-state index in [0.717, 1.165) is 12.1 Å². The van der Waals surface area contributed by atoms with Gasteiger partial charge in [0.1, 0.15) is 16.5 Å². The standard InChI is InChI=1S/C14H12F2N2O4S/c1-9(10-2-5-12(6-3-10)18(19)20)17-23(21,22)14-7-4-11(15)8-13(14)16/h2-9,17H,1H3. The number of nitro benzene ring substituents is 1. The zero-order valence-electron chi connectivity index (χ0n) is 11.9. The van der Waals surface area contributed by atoms with E-state index in [-0.39, 0.29) is 5.69 Å². The van der Waals surface area contributed by atoms with Gasteiger partial charge in [-0.15, -0.1) is 0 Å². The van der Waals surface area contributed by atoms with E-state index in [9.17, 15) is 27.3 Å². The highest BCUT2D eigenvalue weighted by Gasteiger charge is 2.22. The molecule has 0 heterocycles. The Morgan fingerprint density at radius 1 is 1.13 bits per heavy atom. The van der Waals surface area contributed by atoms with E-state index < -0.39 is 37.5 Å². The molecule has 1 unspecified atom stereocenters. The number of halogens is 2. The van der Waals surface area contributed by atoms with Gasteiger partial charge in [0.2, 0.25) is 10.0 Å². The van der Waals surface area contributed by atoms with Crippen LogP contribution in [0.4, 0.5) is 14.5 Å². The first-order valence-corrected chi connectivity index (χ1v) is 7.91. The Morgan fingerprint density at radius 2 is 1.74 bits per heavy atom. The summed E-state index contributed by atoms with van der Waals surface area (Å²) in [5.74, 6) is -2.08. The molecule has 0 spiro atoms. The van der Waals surface area contributed by atoms with Crippen molar-refractivity contribution >= 4 is 15.7 Å². The molecular formula is C14H12F2N2O4S. The fourth-order valence-corrected chi connectivity index (χ4v) is 3.23. The molecule has 9 heteroatoms. The molecule has 0 bridgehead atoms. The minimum atomic E-state index is -4.21. The molecule has 2 rings (SSSR count). The van der Waals surface area contributed by atoms with Gasteiger partial charge in [-0.1, -0.05) is 12.1 Å². The zero-order chi connectivity index (χ0) is 17.2. The molecule has 0 aliphatic heterocycles. The molecular weight excluding hydrogens is 330 g/mol. The second-order valence-electron chi connectivity index (χ2n) is 4.77. The van der Waals surface area contributed by atoms with Crippen molar-refractivity contribution in [1.82, 2.24) is 4.72 Å². The van der Waals surface area contributed by atoms with Crippen molar-refractivity contribution < 1.29 is 22.1 Å². The highest BCUT2D eigenvalue weighted by molar-refractivity contribution is 7.89. The van der Waals surface area contributed by atoms with Gasteiger partial charge in [0.05, 0.1) is 4.92 Å². The average molecular weight is 342 g/mol. The quantitative estimate of drug-likeness (QED) is 0.668. The number of nitro groups is 1. The molecule has 0 saturated heterocycles. The Morgan fingerprint density at radius 3 is 2.26 bits per heavy atom. The lowest BCUT2D eigenvalue weighted by Crippen LogP contribution is -2.27. The van der Waals surface area contributed by atoms with Crippen LogP contribution in [0, 0.1) is 21.7 Å². The number of rotatable bonds is 5. The number of benzene rings is 2. The third-order valence-corrected chi connectivity index (χ3v) is 4.69. The van der Waals surface area contributed by atoms with E-state index in [2.05, 4.69) is 4.72 Å². The van der Waals surface area contributed by atoms with Gasteiger partial charge in [-0.25, -0.2) is 21.9 Å². The van der Waals surface area contributed by atoms with Gasteiger partial charge in [-0.05, 0) is 24.6 Å². The maximum atomic E-state index is 13.6. The van der Waals surface area contributed by atoms with Gasteiger partial charge in [-0.2, -0.15) is 0 Å². The molecule has 6 nitrogen and oxygen atoms in total. The first kappa shape index (κ1) is 17.0. The predicted octanol–water partition coefficient (Wildman–Crippen LogP) is 2.91. The molecule has 122 valence electrons. The van der Waals surface area contributed by atoms with Crippen LogP contribution < -0.4 is 4.72 Å². The Labute approximate surface area is 131 Å². The van der Waals surface area contributed by atoms with Crippen LogP contribution in [-0.2, 0) is 10.0 Å². The minimum Gasteiger partial charge on any atom is -0.258 e. The molecule has 1 atom stereocenters. The number of hydrogen-bond donors (Lipinski definition) is 1. The van der Waals surface area contributed by atoms with Gasteiger partial charge >= 0.3 is 0 Å². The molecule has 0 aliphatic rings. The maximum absolute atomic E-state index is 13.6. The Bertz CT molecular complexity index is 838. The molecule has 0 fully saturated rings. The number of nitrogens with zero attached hydrogens (tertiary/aromatic N) is 1. The van der Waals surface area contributed by atoms with Gasteiger partial charge in [0.15, 0.2) is 0 Å². The van der Waals surface area contributed by atoms with Crippen molar-refractivity contribution in [3.8, 4) is 0 Å². The van der Waals surface area contributed by atoms with Crippen molar-refractivity contribution in [3.63, 3.8) is 0 Å². The molecule has 2 aromatic carbocycles. The van der Waals surface area contributed by atoms with Crippen molar-refractivity contribution in [2.45, 2.75) is 17.9 Å². The van der Waals surface area contributed by atoms with E-state index in [1.54, 1.807) is 0 Å². The van der Waals surface area contributed by atoms with Gasteiger partial charge < -0.3 is 0 Å². The zero-order valence-corrected chi connectivity index (χ0v) is 12.7. The summed E-state index contributed by atoms with van der Waals surface area (Å²) in [4.78, 5) is 9.33. The van der Waals surface area contributed by atoms with E-state index in [1.807, 2.05) is 0 Å². The fraction of sp³-hybridized carbons (Fsp3) is 0.143. The topological polar surface area (TPSA) is 89.3 Å². The molecule has 1 N–H and O–H groups in total. The normalized spacial score (nSPS) is 12.8. The number of nitrogens with one attached hydrogen (secondary N) is 1. The summed E-state index contributed by atoms with van der Waals surface area (Å²) in [7, 11) is -4.21. The van der Waals surface area contributed by atoms with Crippen LogP contribution in [0.5, 0.6) is 0 Å². The Hall–Kier alpha value is -2.39. The first-order valence-electron chi connectivity index (χ1n) is 6.42. The third kappa shape index (κ3) is 3.88. The first-order chi connectivity index (χ1) is 10.7. The van der Waals surface area contributed by atoms with E-state index in [1.165, 1.54) is 31.2 Å². The molecule has 0 aliphatic carbocycles. The predicted molar refractivity (Wildman–Crippen MR) is 78.2 cm³/mol. The van der Waals surface area contributed by atoms with Crippen molar-refractivity contribution in [1.29, 1.82) is 0 Å². The van der Waals surface area contributed by atoms with E-state index >= 15 is 0 Å². The van der Waals surface area contributed by atoms with Gasteiger partial charge in [0.25, 0.3) is 5.69 Å².